The Morgan fingerprint density at radius 2 is 0.974 bits per heavy atom. The van der Waals surface area contributed by atoms with Crippen LogP contribution in [-0.2, 0) is 14.3 Å². The van der Waals surface area contributed by atoms with Gasteiger partial charge in [-0.25, -0.2) is 9.59 Å². The van der Waals surface area contributed by atoms with Crippen LogP contribution in [0.1, 0.15) is 61.7 Å². The van der Waals surface area contributed by atoms with Gasteiger partial charge in [-0.3, -0.25) is 19.2 Å². The van der Waals surface area contributed by atoms with E-state index in [1.54, 1.807) is 48.5 Å². The van der Waals surface area contributed by atoms with Gasteiger partial charge in [-0.1, -0.05) is 172 Å². The zero-order valence-corrected chi connectivity index (χ0v) is 33.6. The number of rotatable bonds is 4. The van der Waals surface area contributed by atoms with Crippen molar-refractivity contribution in [1.29, 1.82) is 0 Å². The molecule has 0 aliphatic carbocycles. The van der Waals surface area contributed by atoms with Crippen molar-refractivity contribution in [2.24, 2.45) is 0 Å². The summed E-state index contributed by atoms with van der Waals surface area (Å²) < 4.78 is 6.29. The van der Waals surface area contributed by atoms with Crippen LogP contribution >= 0.6 is 136 Å². The Kier molecular flexibility index (Phi) is 30.4. The number of benzene rings is 2. The molecule has 9 nitrogen and oxygen atoms in total. The second kappa shape index (κ2) is 27.1. The normalized spacial score (nSPS) is 10.0. The van der Waals surface area contributed by atoms with E-state index < -0.39 is 30.3 Å². The highest BCUT2D eigenvalue weighted by atomic mass is 127. The smallest absolute Gasteiger partial charge is 0.346 e. The minimum atomic E-state index is -1.31. The van der Waals surface area contributed by atoms with Crippen molar-refractivity contribution < 1.29 is 43.7 Å². The molecule has 0 saturated carbocycles. The number of hydrogen-bond acceptors (Lipinski definition) is 7. The van der Waals surface area contributed by atoms with Crippen molar-refractivity contribution in [3.63, 3.8) is 0 Å². The van der Waals surface area contributed by atoms with Crippen LogP contribution in [0.3, 0.4) is 0 Å². The largest absolute Gasteiger partial charge is 0.481 e. The summed E-state index contributed by atoms with van der Waals surface area (Å²) in [5.74, 6) is -3.86. The molecule has 1 aliphatic heterocycles. The molecule has 216 valence electrons. The van der Waals surface area contributed by atoms with Crippen molar-refractivity contribution in [1.82, 2.24) is 0 Å². The van der Waals surface area contributed by atoms with E-state index in [0.29, 0.717) is 22.3 Å². The molecule has 15 heteroatoms. The summed E-state index contributed by atoms with van der Waals surface area (Å²) in [7, 11) is 0. The quantitative estimate of drug-likeness (QED) is 0.102. The molecule has 0 unspecified atom stereocenters. The number of ether oxygens (including phenoxy) is 1. The first-order chi connectivity index (χ1) is 18.2. The maximum absolute atomic E-state index is 11.0. The fourth-order valence-corrected chi connectivity index (χ4v) is 2.26. The predicted molar refractivity (Wildman–Crippen MR) is 201 cm³/mol. The first-order valence-electron chi connectivity index (χ1n) is 10.0. The molecule has 2 aromatic carbocycles. The third-order valence-electron chi connectivity index (χ3n) is 3.54. The second-order valence-electron chi connectivity index (χ2n) is 6.19. The molecule has 2 aromatic rings. The molecule has 1 aliphatic rings. The molecule has 0 aromatic heterocycles. The van der Waals surface area contributed by atoms with Crippen LogP contribution in [-0.4, -0.2) is 53.0 Å². The van der Waals surface area contributed by atoms with Crippen LogP contribution in [0.5, 0.6) is 0 Å². The lowest BCUT2D eigenvalue weighted by Gasteiger charge is -2.00. The molecule has 1 heterocycles. The molecule has 0 bridgehead atoms. The van der Waals surface area contributed by atoms with Crippen LogP contribution < -0.4 is 0 Å². The van der Waals surface area contributed by atoms with Gasteiger partial charge in [-0.05, 0) is 30.9 Å². The van der Waals surface area contributed by atoms with Gasteiger partial charge in [-0.2, -0.15) is 0 Å². The summed E-state index contributed by atoms with van der Waals surface area (Å²) in [6, 6.07) is 13.4. The first-order valence-corrected chi connectivity index (χ1v) is 19.0. The number of fused-ring (bicyclic) bond motifs is 1. The topological polar surface area (TPSA) is 152 Å². The minimum Gasteiger partial charge on any atom is -0.481 e. The van der Waals surface area contributed by atoms with Crippen LogP contribution in [0, 0.1) is 0 Å². The number of halogens is 6. The minimum absolute atomic E-state index is 0.0687. The van der Waals surface area contributed by atoms with E-state index in [0.717, 1.165) is -0.0619 Å². The van der Waals surface area contributed by atoms with Crippen molar-refractivity contribution in [2.45, 2.75) is 20.2 Å². The number of carboxylic acids is 2. The van der Waals surface area contributed by atoms with Crippen LogP contribution in [0.15, 0.2) is 48.5 Å². The highest BCUT2D eigenvalue weighted by Gasteiger charge is 2.28. The predicted octanol–water partition coefficient (Wildman–Crippen LogP) is 8.07. The summed E-state index contributed by atoms with van der Waals surface area (Å²) >= 11 is 13.6. The second-order valence-corrected chi connectivity index (χ2v) is 21.5. The van der Waals surface area contributed by atoms with Gasteiger partial charge >= 0.3 is 23.9 Å². The van der Waals surface area contributed by atoms with Gasteiger partial charge in [0.25, 0.3) is 0 Å². The molecule has 0 spiro atoms. The number of Topliss-reactive ketones (excluding diaryl/α,β-unsaturated/α-hetero) is 2. The molecule has 0 atom stereocenters. The number of carboxylic acid groups (broad SMARTS) is 2. The Morgan fingerprint density at radius 1 is 0.718 bits per heavy atom. The first kappa shape index (κ1) is 43.7. The van der Waals surface area contributed by atoms with E-state index >= 15 is 0 Å². The third kappa shape index (κ3) is 23.5. The van der Waals surface area contributed by atoms with E-state index in [4.69, 9.17) is 10.2 Å². The Balaban J connectivity index is -0.000000442. The van der Waals surface area contributed by atoms with Gasteiger partial charge in [0.2, 0.25) is 0 Å². The lowest BCUT2D eigenvalue weighted by atomic mass is 10.0. The molecule has 0 radical (unpaired) electrons. The highest BCUT2D eigenvalue weighted by molar-refractivity contribution is 14.3. The van der Waals surface area contributed by atoms with Crippen molar-refractivity contribution in [3.8, 4) is 0 Å². The lowest BCUT2D eigenvalue weighted by molar-refractivity contribution is -0.147. The standard InChI is InChI=1S/C10H10O2.C8H4O3.C3H4O4.CHI3.CH2I2.CH3I/c1-7(11)9-5-3-4-6-10(9)8(2)12;9-7-5-3-1-2-4-6(5)8(10)11-7;4-2(5)1-3(6)7;2-1(3)4;2-1-3;1-2/h3-6H,1-2H3;1-4H;1H2,(H,4,5)(H,6,7);1H;1H2;1H3. The average molecular weight is 1220 g/mol. The van der Waals surface area contributed by atoms with E-state index in [9.17, 15) is 28.8 Å². The fraction of sp³-hybridized carbons (Fsp3) is 0.250. The van der Waals surface area contributed by atoms with Gasteiger partial charge in [-0.15, -0.1) is 0 Å². The zero-order chi connectivity index (χ0) is 31.1. The Morgan fingerprint density at radius 3 is 1.18 bits per heavy atom. The Bertz CT molecular complexity index is 1010. The molecular formula is C24H24I6O9. The molecular weight excluding hydrogens is 1190 g/mol. The highest BCUT2D eigenvalue weighted by Crippen LogP contribution is 2.18. The maximum Gasteiger partial charge on any atom is 0.346 e. The van der Waals surface area contributed by atoms with E-state index in [2.05, 4.69) is 140 Å². The SMILES string of the molecule is CC(=O)c1ccccc1C(C)=O.CI.IC(I)I.ICI.O=C(O)CC(=O)O.O=C1OC(=O)c2ccccc21. The number of aliphatic carboxylic acids is 2. The van der Waals surface area contributed by atoms with E-state index in [1.807, 2.05) is 4.93 Å². The van der Waals surface area contributed by atoms with E-state index in [1.165, 1.54) is 16.3 Å². The number of carbonyl (C=O) groups is 6. The fourth-order valence-electron chi connectivity index (χ4n) is 2.26. The third-order valence-corrected chi connectivity index (χ3v) is 3.54. The zero-order valence-electron chi connectivity index (χ0n) is 20.6. The molecule has 0 amide bonds. The number of alkyl halides is 6. The summed E-state index contributed by atoms with van der Waals surface area (Å²) in [6.07, 6.45) is -0.806. The van der Waals surface area contributed by atoms with E-state index in [-0.39, 0.29) is 11.6 Å². The molecule has 0 saturated heterocycles. The van der Waals surface area contributed by atoms with Crippen LogP contribution in [0.4, 0.5) is 0 Å². The Labute approximate surface area is 308 Å². The van der Waals surface area contributed by atoms with Gasteiger partial charge in [0.15, 0.2) is 11.6 Å². The number of esters is 2. The van der Waals surface area contributed by atoms with Crippen LogP contribution in [0.2, 0.25) is 0 Å². The molecule has 39 heavy (non-hydrogen) atoms. The van der Waals surface area contributed by atoms with Gasteiger partial charge in [0.1, 0.15) is 6.36 Å². The number of cyclic esters (lactones) is 2. The van der Waals surface area contributed by atoms with Crippen molar-refractivity contribution >= 4 is 171 Å². The van der Waals surface area contributed by atoms with Crippen LogP contribution in [0.25, 0.3) is 0 Å². The summed E-state index contributed by atoms with van der Waals surface area (Å²) in [6.45, 7) is 2.92. The van der Waals surface area contributed by atoms with Gasteiger partial charge < -0.3 is 14.9 Å². The number of hydrogen-bond donors (Lipinski definition) is 2. The summed E-state index contributed by atoms with van der Waals surface area (Å²) in [5, 5.41) is 15.4. The number of ketones is 2. The lowest BCUT2D eigenvalue weighted by Crippen LogP contribution is -2.03. The molecule has 2 N–H and O–H groups in total. The maximum atomic E-state index is 11.0. The number of carbonyl (C=O) groups excluding carboxylic acids is 4. The monoisotopic (exact) mass is 1220 g/mol. The van der Waals surface area contributed by atoms with Gasteiger partial charge in [0, 0.05) is 11.1 Å². The molecule has 3 rings (SSSR count). The van der Waals surface area contributed by atoms with Gasteiger partial charge in [0.05, 0.1) is 13.6 Å². The Hall–Kier alpha value is 0.240. The molecule has 0 fully saturated rings. The van der Waals surface area contributed by atoms with Crippen molar-refractivity contribution in [2.75, 3.05) is 7.36 Å². The van der Waals surface area contributed by atoms with Crippen molar-refractivity contribution in [3.05, 3.63) is 70.8 Å². The average Bonchev–Trinajstić information content (AvgIpc) is 3.14. The summed E-state index contributed by atoms with van der Waals surface area (Å²) in [5.41, 5.74) is 1.73. The summed E-state index contributed by atoms with van der Waals surface area (Å²) in [4.78, 5) is 64.5.